The van der Waals surface area contributed by atoms with Crippen LogP contribution in [0.1, 0.15) is 100 Å². The second-order valence-corrected chi connectivity index (χ2v) is 16.1. The number of carbonyl (C=O) groups is 3. The van der Waals surface area contributed by atoms with Crippen LogP contribution >= 0.6 is 0 Å². The lowest BCUT2D eigenvalue weighted by Crippen LogP contribution is -2.65. The van der Waals surface area contributed by atoms with Crippen LogP contribution in [0.3, 0.4) is 0 Å². The van der Waals surface area contributed by atoms with E-state index in [4.69, 9.17) is 19.8 Å². The van der Waals surface area contributed by atoms with Gasteiger partial charge in [-0.05, 0) is 95.8 Å². The molecule has 3 amide bonds. The van der Waals surface area contributed by atoms with Crippen LogP contribution in [0.15, 0.2) is 4.99 Å². The zero-order valence-electron chi connectivity index (χ0n) is 29.6. The summed E-state index contributed by atoms with van der Waals surface area (Å²) in [7, 11) is 1.04. The van der Waals surface area contributed by atoms with Gasteiger partial charge in [0, 0.05) is 26.7 Å². The van der Waals surface area contributed by atoms with E-state index in [-0.39, 0.29) is 47.3 Å². The summed E-state index contributed by atoms with van der Waals surface area (Å²) < 4.78 is 18.9. The first-order valence-electron chi connectivity index (χ1n) is 17.3. The Morgan fingerprint density at radius 3 is 2.50 bits per heavy atom. The number of nitrogens with one attached hydrogen (secondary N) is 3. The molecule has 5 fully saturated rings. The molecule has 2 aliphatic heterocycles. The minimum Gasteiger partial charge on any atom is -0.444 e. The highest BCUT2D eigenvalue weighted by Gasteiger charge is 2.68. The van der Waals surface area contributed by atoms with Gasteiger partial charge in [0.15, 0.2) is 5.96 Å². The summed E-state index contributed by atoms with van der Waals surface area (Å²) in [5, 5.41) is 9.28. The monoisotopic (exact) mass is 646 g/mol. The number of nitrogens with two attached hydrogens (primary N) is 1. The Kier molecular flexibility index (Phi) is 11.3. The predicted molar refractivity (Wildman–Crippen MR) is 179 cm³/mol. The third-order valence-electron chi connectivity index (χ3n) is 10.6. The average Bonchev–Trinajstić information content (AvgIpc) is 3.34. The van der Waals surface area contributed by atoms with Crippen molar-refractivity contribution in [2.75, 3.05) is 26.7 Å². The van der Waals surface area contributed by atoms with Crippen molar-refractivity contribution in [3.05, 3.63) is 0 Å². The van der Waals surface area contributed by atoms with Crippen LogP contribution in [0.4, 0.5) is 4.79 Å². The molecule has 13 heteroatoms. The van der Waals surface area contributed by atoms with Gasteiger partial charge in [0.2, 0.25) is 11.8 Å². The van der Waals surface area contributed by atoms with Crippen LogP contribution in [-0.4, -0.2) is 91.9 Å². The van der Waals surface area contributed by atoms with Gasteiger partial charge >= 0.3 is 13.2 Å². The molecule has 260 valence electrons. The normalized spacial score (nSPS) is 30.2. The number of rotatable bonds is 11. The zero-order chi connectivity index (χ0) is 34.0. The van der Waals surface area contributed by atoms with E-state index in [9.17, 15) is 14.4 Å². The summed E-state index contributed by atoms with van der Waals surface area (Å²) in [4.78, 5) is 45.9. The van der Waals surface area contributed by atoms with Gasteiger partial charge in [0.25, 0.3) is 0 Å². The van der Waals surface area contributed by atoms with Gasteiger partial charge in [-0.15, -0.1) is 0 Å². The molecule has 3 saturated carbocycles. The molecule has 7 atom stereocenters. The number of amides is 3. The minimum atomic E-state index is -0.785. The molecule has 0 radical (unpaired) electrons. The highest BCUT2D eigenvalue weighted by molar-refractivity contribution is 6.48. The maximum atomic E-state index is 14.0. The van der Waals surface area contributed by atoms with Crippen molar-refractivity contribution in [2.45, 2.75) is 130 Å². The molecule has 0 aromatic rings. The van der Waals surface area contributed by atoms with Crippen LogP contribution in [0.5, 0.6) is 0 Å². The summed E-state index contributed by atoms with van der Waals surface area (Å²) in [6, 6.07) is -0.785. The Balaban J connectivity index is 1.44. The Hall–Kier alpha value is -2.54. The third kappa shape index (κ3) is 8.30. The van der Waals surface area contributed by atoms with Crippen molar-refractivity contribution in [1.29, 1.82) is 0 Å². The molecule has 5 N–H and O–H groups in total. The quantitative estimate of drug-likeness (QED) is 0.115. The lowest BCUT2D eigenvalue weighted by Gasteiger charge is -2.64. The number of nitrogens with zero attached hydrogens (tertiary/aromatic N) is 2. The number of hydrogen-bond donors (Lipinski definition) is 4. The molecular formula is C33H59BN6O6. The molecule has 5 rings (SSSR count). The second-order valence-electron chi connectivity index (χ2n) is 16.1. The van der Waals surface area contributed by atoms with E-state index in [1.54, 1.807) is 11.9 Å². The van der Waals surface area contributed by atoms with Gasteiger partial charge in [-0.2, -0.15) is 0 Å². The molecular weight excluding hydrogens is 587 g/mol. The number of carbonyl (C=O) groups excluding carboxylic acids is 3. The fraction of sp³-hybridized carbons (Fsp3) is 0.879. The van der Waals surface area contributed by atoms with Gasteiger partial charge in [0.05, 0.1) is 23.6 Å². The maximum Gasteiger partial charge on any atom is 0.481 e. The first-order valence-corrected chi connectivity index (χ1v) is 17.3. The van der Waals surface area contributed by atoms with Crippen molar-refractivity contribution >= 4 is 31.0 Å². The summed E-state index contributed by atoms with van der Waals surface area (Å²) in [5.41, 5.74) is 5.00. The number of piperidine rings is 1. The standard InChI is InChI=1S/C33H59BN6O6/c1-20(2)16-26(34-45-25-18-22-17-24(32(22,6)7)33(25,8)46-34)39-28(42)23(13-10-14-37-29(35)36-9)38-27(41)21-12-11-15-40(19-21)30(43)44-31(3,4)5/h20-26H,10-19H2,1-9H3,(H,38,41)(H,39,42)(H3,35,36,37)/t21?,22-,23-,24-,25+,26-,33-/m0/s1. The highest BCUT2D eigenvalue weighted by atomic mass is 16.7. The summed E-state index contributed by atoms with van der Waals surface area (Å²) >= 11 is 0. The third-order valence-corrected chi connectivity index (χ3v) is 10.6. The van der Waals surface area contributed by atoms with Crippen LogP contribution in [-0.2, 0) is 23.6 Å². The largest absolute Gasteiger partial charge is 0.481 e. The van der Waals surface area contributed by atoms with Crippen molar-refractivity contribution in [3.8, 4) is 0 Å². The Labute approximate surface area is 276 Å². The van der Waals surface area contributed by atoms with E-state index >= 15 is 0 Å². The van der Waals surface area contributed by atoms with E-state index in [2.05, 4.69) is 55.6 Å². The maximum absolute atomic E-state index is 14.0. The van der Waals surface area contributed by atoms with Gasteiger partial charge < -0.3 is 40.6 Å². The van der Waals surface area contributed by atoms with E-state index in [0.29, 0.717) is 63.0 Å². The average molecular weight is 647 g/mol. The predicted octanol–water partition coefficient (Wildman–Crippen LogP) is 3.23. The van der Waals surface area contributed by atoms with Crippen molar-refractivity contribution < 1.29 is 28.4 Å². The Bertz CT molecular complexity index is 1140. The Morgan fingerprint density at radius 1 is 1.15 bits per heavy atom. The second kappa shape index (κ2) is 14.3. The van der Waals surface area contributed by atoms with Crippen LogP contribution in [0, 0.1) is 29.1 Å². The van der Waals surface area contributed by atoms with E-state index < -0.39 is 30.8 Å². The molecule has 2 bridgehead atoms. The number of ether oxygens (including phenoxy) is 1. The molecule has 46 heavy (non-hydrogen) atoms. The minimum absolute atomic E-state index is 0.00678. The molecule has 3 aliphatic carbocycles. The highest BCUT2D eigenvalue weighted by Crippen LogP contribution is 2.65. The van der Waals surface area contributed by atoms with Crippen LogP contribution in [0.2, 0.25) is 0 Å². The van der Waals surface area contributed by atoms with Crippen molar-refractivity contribution in [2.24, 2.45) is 39.8 Å². The fourth-order valence-electron chi connectivity index (χ4n) is 7.94. The van der Waals surface area contributed by atoms with Crippen molar-refractivity contribution in [3.63, 3.8) is 0 Å². The smallest absolute Gasteiger partial charge is 0.444 e. The van der Waals surface area contributed by atoms with Crippen molar-refractivity contribution in [1.82, 2.24) is 20.9 Å². The lowest BCUT2D eigenvalue weighted by atomic mass is 9.43. The van der Waals surface area contributed by atoms with Gasteiger partial charge in [-0.3, -0.25) is 14.6 Å². The van der Waals surface area contributed by atoms with E-state index in [1.165, 1.54) is 0 Å². The fourth-order valence-corrected chi connectivity index (χ4v) is 7.94. The Morgan fingerprint density at radius 2 is 1.87 bits per heavy atom. The zero-order valence-corrected chi connectivity index (χ0v) is 29.6. The molecule has 2 saturated heterocycles. The summed E-state index contributed by atoms with van der Waals surface area (Å²) in [5.74, 6) is 0.320. The van der Waals surface area contributed by atoms with Gasteiger partial charge in [-0.1, -0.05) is 27.7 Å². The SMILES string of the molecule is CN=C(N)NCCC[C@H](NC(=O)C1CCCN(C(=O)OC(C)(C)C)C1)C(=O)N[C@@H](CC(C)C)B1O[C@@H]2C[C@@H]3C[C@@H](C3(C)C)[C@]2(C)O1. The lowest BCUT2D eigenvalue weighted by molar-refractivity contribution is -0.199. The summed E-state index contributed by atoms with van der Waals surface area (Å²) in [6.45, 7) is 17.8. The molecule has 0 aromatic heterocycles. The molecule has 5 aliphatic rings. The molecule has 0 spiro atoms. The van der Waals surface area contributed by atoms with Gasteiger partial charge in [-0.25, -0.2) is 4.79 Å². The van der Waals surface area contributed by atoms with E-state index in [0.717, 1.165) is 12.8 Å². The molecule has 12 nitrogen and oxygen atoms in total. The number of likely N-dealkylation sites (tertiary alicyclic amines) is 1. The molecule has 1 unspecified atom stereocenters. The van der Waals surface area contributed by atoms with Crippen LogP contribution in [0.25, 0.3) is 0 Å². The first-order chi connectivity index (χ1) is 21.4. The summed E-state index contributed by atoms with van der Waals surface area (Å²) in [6.07, 6.45) is 4.65. The van der Waals surface area contributed by atoms with Gasteiger partial charge in [0.1, 0.15) is 11.6 Å². The number of hydrogen-bond acceptors (Lipinski definition) is 7. The van der Waals surface area contributed by atoms with Crippen LogP contribution < -0.4 is 21.7 Å². The molecule has 0 aromatic carbocycles. The number of aliphatic imine (C=N–C) groups is 1. The molecule has 2 heterocycles. The topological polar surface area (TPSA) is 157 Å². The van der Waals surface area contributed by atoms with E-state index in [1.807, 2.05) is 20.8 Å². The first kappa shape index (κ1) is 36.3. The number of guanidine groups is 1.